The lowest BCUT2D eigenvalue weighted by atomic mass is 10.2. The lowest BCUT2D eigenvalue weighted by Crippen LogP contribution is -2.20. The summed E-state index contributed by atoms with van der Waals surface area (Å²) in [7, 11) is 0. The third-order valence-corrected chi connectivity index (χ3v) is 2.53. The van der Waals surface area contributed by atoms with Gasteiger partial charge in [-0.3, -0.25) is 0 Å². The number of hydrogen-bond acceptors (Lipinski definition) is 4. The molecule has 6 nitrogen and oxygen atoms in total. The van der Waals surface area contributed by atoms with Crippen LogP contribution in [0.2, 0.25) is 0 Å². The maximum atomic E-state index is 10.5. The molecule has 82 valence electrons. The lowest BCUT2D eigenvalue weighted by Gasteiger charge is -2.21. The molecule has 6 heteroatoms. The molecule has 1 saturated heterocycles. The summed E-state index contributed by atoms with van der Waals surface area (Å²) in [6.45, 7) is 2.51. The van der Waals surface area contributed by atoms with E-state index >= 15 is 0 Å². The van der Waals surface area contributed by atoms with Crippen LogP contribution in [-0.2, 0) is 4.74 Å². The summed E-state index contributed by atoms with van der Waals surface area (Å²) >= 11 is 0. The van der Waals surface area contributed by atoms with E-state index in [0.717, 1.165) is 25.0 Å². The Morgan fingerprint density at radius 3 is 3.00 bits per heavy atom. The van der Waals surface area contributed by atoms with E-state index < -0.39 is 4.92 Å². The molecule has 0 spiro atoms. The van der Waals surface area contributed by atoms with E-state index in [1.807, 2.05) is 0 Å². The molecule has 1 aliphatic heterocycles. The zero-order chi connectivity index (χ0) is 10.8. The van der Waals surface area contributed by atoms with Gasteiger partial charge < -0.3 is 14.9 Å². The molecule has 0 amide bonds. The summed E-state index contributed by atoms with van der Waals surface area (Å²) in [4.78, 5) is 10.1. The quantitative estimate of drug-likeness (QED) is 0.552. The highest BCUT2D eigenvalue weighted by Crippen LogP contribution is 2.24. The van der Waals surface area contributed by atoms with Crippen molar-refractivity contribution in [2.75, 3.05) is 6.61 Å². The predicted molar refractivity (Wildman–Crippen MR) is 52.5 cm³/mol. The van der Waals surface area contributed by atoms with Gasteiger partial charge in [0.1, 0.15) is 0 Å². The highest BCUT2D eigenvalue weighted by molar-refractivity contribution is 5.21. The van der Waals surface area contributed by atoms with Crippen LogP contribution < -0.4 is 0 Å². The molecule has 2 heterocycles. The number of rotatable bonds is 2. The minimum absolute atomic E-state index is 0.110. The summed E-state index contributed by atoms with van der Waals surface area (Å²) in [6, 6.07) is 1.47. The number of aryl methyl sites for hydroxylation is 1. The molecule has 1 aliphatic rings. The van der Waals surface area contributed by atoms with Crippen molar-refractivity contribution in [3.05, 3.63) is 21.9 Å². The molecule has 1 fully saturated rings. The first kappa shape index (κ1) is 10.1. The standard InChI is InChI=1S/C9H13N3O3/c1-7-6-8(12(13)14)10-11(7)9-4-2-3-5-15-9/h6,9H,2-5H2,1H3. The van der Waals surface area contributed by atoms with Crippen molar-refractivity contribution in [2.24, 2.45) is 0 Å². The second-order valence-corrected chi connectivity index (χ2v) is 3.67. The van der Waals surface area contributed by atoms with Gasteiger partial charge in [0, 0.05) is 6.61 Å². The molecule has 0 bridgehead atoms. The second kappa shape index (κ2) is 3.98. The molecule has 0 aromatic carbocycles. The van der Waals surface area contributed by atoms with Crippen molar-refractivity contribution in [2.45, 2.75) is 32.4 Å². The van der Waals surface area contributed by atoms with Gasteiger partial charge >= 0.3 is 5.82 Å². The van der Waals surface area contributed by atoms with E-state index in [4.69, 9.17) is 4.74 Å². The van der Waals surface area contributed by atoms with Crippen molar-refractivity contribution in [3.63, 3.8) is 0 Å². The first-order chi connectivity index (χ1) is 7.18. The Morgan fingerprint density at radius 1 is 1.67 bits per heavy atom. The van der Waals surface area contributed by atoms with Crippen LogP contribution in [0.4, 0.5) is 5.82 Å². The molecule has 1 aromatic rings. The van der Waals surface area contributed by atoms with Crippen LogP contribution in [0.25, 0.3) is 0 Å². The second-order valence-electron chi connectivity index (χ2n) is 3.67. The Kier molecular flexibility index (Phi) is 2.68. The number of nitrogens with zero attached hydrogens (tertiary/aromatic N) is 3. The van der Waals surface area contributed by atoms with E-state index in [9.17, 15) is 10.1 Å². The highest BCUT2D eigenvalue weighted by atomic mass is 16.6. The fraction of sp³-hybridized carbons (Fsp3) is 0.667. The fourth-order valence-electron chi connectivity index (χ4n) is 1.77. The SMILES string of the molecule is Cc1cc([N+](=O)[O-])nn1C1CCCCO1. The molecular formula is C9H13N3O3. The van der Waals surface area contributed by atoms with Crippen LogP contribution in [0.3, 0.4) is 0 Å². The minimum atomic E-state index is -0.480. The van der Waals surface area contributed by atoms with Gasteiger partial charge in [-0.2, -0.15) is 0 Å². The third-order valence-electron chi connectivity index (χ3n) is 2.53. The largest absolute Gasteiger partial charge is 0.390 e. The van der Waals surface area contributed by atoms with Crippen molar-refractivity contribution < 1.29 is 9.66 Å². The summed E-state index contributed by atoms with van der Waals surface area (Å²) < 4.78 is 7.12. The van der Waals surface area contributed by atoms with Crippen molar-refractivity contribution in [1.29, 1.82) is 0 Å². The number of aromatic nitrogens is 2. The van der Waals surface area contributed by atoms with Gasteiger partial charge in [0.25, 0.3) is 0 Å². The molecule has 0 radical (unpaired) electrons. The third kappa shape index (κ3) is 1.99. The van der Waals surface area contributed by atoms with Crippen molar-refractivity contribution in [3.8, 4) is 0 Å². The smallest absolute Gasteiger partial charge is 0.358 e. The molecule has 1 aromatic heterocycles. The molecule has 0 saturated carbocycles. The van der Waals surface area contributed by atoms with Crippen LogP contribution in [0, 0.1) is 17.0 Å². The van der Waals surface area contributed by atoms with E-state index in [-0.39, 0.29) is 12.0 Å². The number of ether oxygens (including phenoxy) is 1. The van der Waals surface area contributed by atoms with E-state index in [1.165, 1.54) is 6.07 Å². The van der Waals surface area contributed by atoms with Crippen molar-refractivity contribution in [1.82, 2.24) is 9.78 Å². The zero-order valence-electron chi connectivity index (χ0n) is 8.55. The maximum absolute atomic E-state index is 10.5. The Hall–Kier alpha value is -1.43. The van der Waals surface area contributed by atoms with Gasteiger partial charge in [0.05, 0.1) is 16.9 Å². The fourth-order valence-corrected chi connectivity index (χ4v) is 1.77. The molecule has 15 heavy (non-hydrogen) atoms. The van der Waals surface area contributed by atoms with Crippen LogP contribution >= 0.6 is 0 Å². The van der Waals surface area contributed by atoms with Gasteiger partial charge in [-0.15, -0.1) is 4.68 Å². The number of hydrogen-bond donors (Lipinski definition) is 0. The maximum Gasteiger partial charge on any atom is 0.390 e. The first-order valence-corrected chi connectivity index (χ1v) is 5.00. The summed E-state index contributed by atoms with van der Waals surface area (Å²) in [5.41, 5.74) is 0.772. The molecule has 1 atom stereocenters. The summed E-state index contributed by atoms with van der Waals surface area (Å²) in [5.74, 6) is -0.110. The van der Waals surface area contributed by atoms with Gasteiger partial charge in [0.2, 0.25) is 0 Å². The van der Waals surface area contributed by atoms with Gasteiger partial charge in [0.15, 0.2) is 6.23 Å². The van der Waals surface area contributed by atoms with Gasteiger partial charge in [-0.1, -0.05) is 0 Å². The number of nitro groups is 1. The Labute approximate surface area is 87.0 Å². The van der Waals surface area contributed by atoms with Crippen LogP contribution in [-0.4, -0.2) is 21.3 Å². The molecule has 2 rings (SSSR count). The average molecular weight is 211 g/mol. The lowest BCUT2D eigenvalue weighted by molar-refractivity contribution is -0.390. The average Bonchev–Trinajstić information content (AvgIpc) is 2.62. The zero-order valence-corrected chi connectivity index (χ0v) is 8.55. The molecule has 1 unspecified atom stereocenters. The predicted octanol–water partition coefficient (Wildman–Crippen LogP) is 1.80. The first-order valence-electron chi connectivity index (χ1n) is 5.00. The monoisotopic (exact) mass is 211 g/mol. The van der Waals surface area contributed by atoms with Crippen LogP contribution in [0.15, 0.2) is 6.07 Å². The van der Waals surface area contributed by atoms with Gasteiger partial charge in [-0.25, -0.2) is 0 Å². The Morgan fingerprint density at radius 2 is 2.47 bits per heavy atom. The topological polar surface area (TPSA) is 70.2 Å². The van der Waals surface area contributed by atoms with E-state index in [0.29, 0.717) is 6.61 Å². The van der Waals surface area contributed by atoms with E-state index in [1.54, 1.807) is 11.6 Å². The summed E-state index contributed by atoms with van der Waals surface area (Å²) in [6.07, 6.45) is 2.88. The minimum Gasteiger partial charge on any atom is -0.358 e. The molecule has 0 aliphatic carbocycles. The summed E-state index contributed by atoms with van der Waals surface area (Å²) in [5, 5.41) is 14.5. The molecule has 0 N–H and O–H groups in total. The van der Waals surface area contributed by atoms with Crippen molar-refractivity contribution >= 4 is 5.82 Å². The van der Waals surface area contributed by atoms with Gasteiger partial charge in [-0.05, 0) is 31.1 Å². The Bertz CT molecular complexity index is 369. The van der Waals surface area contributed by atoms with Crippen LogP contribution in [0.1, 0.15) is 31.2 Å². The van der Waals surface area contributed by atoms with Crippen LogP contribution in [0.5, 0.6) is 0 Å². The normalized spacial score (nSPS) is 21.5. The molecular weight excluding hydrogens is 198 g/mol. The Balaban J connectivity index is 2.22. The van der Waals surface area contributed by atoms with E-state index in [2.05, 4.69) is 5.10 Å². The highest BCUT2D eigenvalue weighted by Gasteiger charge is 2.24.